The molecule has 26 heavy (non-hydrogen) atoms. The molecule has 10 heteroatoms. The van der Waals surface area contributed by atoms with E-state index in [2.05, 4.69) is 20.6 Å². The lowest BCUT2D eigenvalue weighted by molar-refractivity contribution is -0.137. The van der Waals surface area contributed by atoms with Crippen molar-refractivity contribution < 1.29 is 22.7 Å². The summed E-state index contributed by atoms with van der Waals surface area (Å²) in [7, 11) is 0. The van der Waals surface area contributed by atoms with Crippen molar-refractivity contribution >= 4 is 29.0 Å². The smallest absolute Gasteiger partial charge is 0.417 e. The van der Waals surface area contributed by atoms with Crippen LogP contribution in [0.25, 0.3) is 0 Å². The van der Waals surface area contributed by atoms with Crippen molar-refractivity contribution in [1.29, 1.82) is 0 Å². The lowest BCUT2D eigenvalue weighted by atomic mass is 10.2. The average Bonchev–Trinajstić information content (AvgIpc) is 2.52. The van der Waals surface area contributed by atoms with Crippen molar-refractivity contribution in [3.63, 3.8) is 0 Å². The second-order valence-corrected chi connectivity index (χ2v) is 5.66. The fourth-order valence-corrected chi connectivity index (χ4v) is 2.38. The van der Waals surface area contributed by atoms with Gasteiger partial charge in [-0.25, -0.2) is 4.79 Å². The number of anilines is 2. The molecule has 0 aliphatic rings. The minimum Gasteiger partial charge on any atom is -0.464 e. The Morgan fingerprint density at radius 2 is 1.81 bits per heavy atom. The second kappa shape index (κ2) is 7.77. The van der Waals surface area contributed by atoms with E-state index in [1.807, 2.05) is 0 Å². The van der Waals surface area contributed by atoms with Crippen LogP contribution in [0.4, 0.5) is 29.3 Å². The maximum Gasteiger partial charge on any atom is 0.417 e. The molecule has 0 radical (unpaired) electrons. The Kier molecular flexibility index (Phi) is 5.91. The first-order chi connectivity index (χ1) is 12.1. The topological polar surface area (TPSA) is 76.1 Å². The van der Waals surface area contributed by atoms with Crippen molar-refractivity contribution in [3.8, 4) is 6.01 Å². The van der Waals surface area contributed by atoms with E-state index in [4.69, 9.17) is 16.3 Å². The predicted octanol–water partition coefficient (Wildman–Crippen LogP) is 4.81. The molecule has 2 N–H and O–H groups in total. The summed E-state index contributed by atoms with van der Waals surface area (Å²) in [4.78, 5) is 20.3. The third-order valence-corrected chi connectivity index (χ3v) is 3.62. The summed E-state index contributed by atoms with van der Waals surface area (Å²) >= 11 is 5.55. The Balaban J connectivity index is 2.17. The zero-order chi connectivity index (χ0) is 19.5. The number of hydrogen-bond acceptors (Lipinski definition) is 4. The van der Waals surface area contributed by atoms with Crippen molar-refractivity contribution in [2.75, 3.05) is 17.2 Å². The maximum atomic E-state index is 12.9. The van der Waals surface area contributed by atoms with E-state index in [9.17, 15) is 18.0 Å². The number of aromatic nitrogens is 2. The van der Waals surface area contributed by atoms with Gasteiger partial charge < -0.3 is 15.4 Å². The molecular weight excluding hydrogens is 373 g/mol. The highest BCUT2D eigenvalue weighted by Gasteiger charge is 2.33. The summed E-state index contributed by atoms with van der Waals surface area (Å²) in [5, 5.41) is 4.40. The number of benzene rings is 1. The van der Waals surface area contributed by atoms with Gasteiger partial charge in [0.1, 0.15) is 0 Å². The van der Waals surface area contributed by atoms with Crippen molar-refractivity contribution in [3.05, 3.63) is 40.2 Å². The van der Waals surface area contributed by atoms with Crippen LogP contribution in [0, 0.1) is 13.8 Å². The van der Waals surface area contributed by atoms with Crippen LogP contribution in [0.5, 0.6) is 6.01 Å². The number of carbonyl (C=O) groups excluding carboxylic acids is 1. The van der Waals surface area contributed by atoms with Gasteiger partial charge in [0.2, 0.25) is 0 Å². The molecule has 0 saturated heterocycles. The minimum atomic E-state index is -4.62. The lowest BCUT2D eigenvalue weighted by Crippen LogP contribution is -2.22. The van der Waals surface area contributed by atoms with Crippen molar-refractivity contribution in [1.82, 2.24) is 9.97 Å². The summed E-state index contributed by atoms with van der Waals surface area (Å²) in [5.41, 5.74) is 0.178. The number of nitrogens with zero attached hydrogens (tertiary/aromatic N) is 2. The fourth-order valence-electron chi connectivity index (χ4n) is 2.16. The second-order valence-electron chi connectivity index (χ2n) is 5.26. The van der Waals surface area contributed by atoms with Crippen LogP contribution >= 0.6 is 11.6 Å². The van der Waals surface area contributed by atoms with Crippen LogP contribution in [-0.4, -0.2) is 22.6 Å². The number of amides is 2. The number of ether oxygens (including phenoxy) is 1. The minimum absolute atomic E-state index is 0.0543. The molecule has 0 bridgehead atoms. The largest absolute Gasteiger partial charge is 0.464 e. The molecule has 1 heterocycles. The molecular formula is C16H16ClF3N4O2. The maximum absolute atomic E-state index is 12.9. The third-order valence-electron chi connectivity index (χ3n) is 3.29. The molecule has 6 nitrogen and oxygen atoms in total. The van der Waals surface area contributed by atoms with Gasteiger partial charge in [0, 0.05) is 5.69 Å². The standard InChI is InChI=1S/C16H16ClF3N4O2/c1-4-26-15-21-8(2)13(9(3)22-15)24-14(25)23-10-5-6-12(17)11(7-10)16(18,19)20/h5-7H,4H2,1-3H3,(H2,23,24,25). The molecule has 1 aromatic heterocycles. The van der Waals surface area contributed by atoms with E-state index in [1.165, 1.54) is 6.07 Å². The SMILES string of the molecule is CCOc1nc(C)c(NC(=O)Nc2ccc(Cl)c(C(F)(F)F)c2)c(C)n1. The van der Waals surface area contributed by atoms with Gasteiger partial charge >= 0.3 is 18.2 Å². The number of nitrogens with one attached hydrogen (secondary N) is 2. The molecule has 0 aliphatic carbocycles. The van der Waals surface area contributed by atoms with Crippen molar-refractivity contribution in [2.45, 2.75) is 26.9 Å². The van der Waals surface area contributed by atoms with Gasteiger partial charge in [-0.2, -0.15) is 23.1 Å². The number of carbonyl (C=O) groups is 1. The first kappa shape index (κ1) is 19.8. The first-order valence-electron chi connectivity index (χ1n) is 7.54. The quantitative estimate of drug-likeness (QED) is 0.788. The van der Waals surface area contributed by atoms with Crippen LogP contribution in [-0.2, 0) is 6.18 Å². The van der Waals surface area contributed by atoms with Gasteiger partial charge in [-0.15, -0.1) is 0 Å². The molecule has 2 amide bonds. The summed E-state index contributed by atoms with van der Waals surface area (Å²) in [6.45, 7) is 5.48. The highest BCUT2D eigenvalue weighted by molar-refractivity contribution is 6.31. The number of halogens is 4. The monoisotopic (exact) mass is 388 g/mol. The normalized spacial score (nSPS) is 11.2. The number of hydrogen-bond donors (Lipinski definition) is 2. The Morgan fingerprint density at radius 3 is 2.35 bits per heavy atom. The van der Waals surface area contributed by atoms with E-state index >= 15 is 0 Å². The number of alkyl halides is 3. The fraction of sp³-hybridized carbons (Fsp3) is 0.312. The number of rotatable bonds is 4. The van der Waals surface area contributed by atoms with Gasteiger partial charge in [0.25, 0.3) is 0 Å². The molecule has 0 spiro atoms. The summed E-state index contributed by atoms with van der Waals surface area (Å²) < 4.78 is 43.8. The van der Waals surface area contributed by atoms with Crippen LogP contribution in [0.15, 0.2) is 18.2 Å². The summed E-state index contributed by atoms with van der Waals surface area (Å²) in [6, 6.07) is 2.54. The van der Waals surface area contributed by atoms with Crippen LogP contribution in [0.1, 0.15) is 23.9 Å². The highest BCUT2D eigenvalue weighted by Crippen LogP contribution is 2.36. The lowest BCUT2D eigenvalue weighted by Gasteiger charge is -2.14. The molecule has 0 saturated carbocycles. The molecule has 1 aromatic carbocycles. The van der Waals surface area contributed by atoms with E-state index < -0.39 is 22.8 Å². The van der Waals surface area contributed by atoms with Crippen molar-refractivity contribution in [2.24, 2.45) is 0 Å². The molecule has 0 atom stereocenters. The van der Waals surface area contributed by atoms with Gasteiger partial charge in [-0.1, -0.05) is 11.6 Å². The third kappa shape index (κ3) is 4.75. The molecule has 140 valence electrons. The van der Waals surface area contributed by atoms with Crippen LogP contribution in [0.2, 0.25) is 5.02 Å². The molecule has 0 fully saturated rings. The molecule has 0 aliphatic heterocycles. The number of urea groups is 1. The zero-order valence-corrected chi connectivity index (χ0v) is 14.9. The molecule has 2 rings (SSSR count). The van der Waals surface area contributed by atoms with E-state index in [0.717, 1.165) is 12.1 Å². The number of aryl methyl sites for hydroxylation is 2. The zero-order valence-electron chi connectivity index (χ0n) is 14.2. The predicted molar refractivity (Wildman–Crippen MR) is 91.8 cm³/mol. The van der Waals surface area contributed by atoms with E-state index in [-0.39, 0.29) is 11.7 Å². The van der Waals surface area contributed by atoms with Gasteiger partial charge in [-0.05, 0) is 39.0 Å². The van der Waals surface area contributed by atoms with Crippen LogP contribution < -0.4 is 15.4 Å². The van der Waals surface area contributed by atoms with Gasteiger partial charge in [0.05, 0.1) is 34.3 Å². The average molecular weight is 389 g/mol. The first-order valence-corrected chi connectivity index (χ1v) is 7.92. The van der Waals surface area contributed by atoms with E-state index in [1.54, 1.807) is 20.8 Å². The van der Waals surface area contributed by atoms with E-state index in [0.29, 0.717) is 23.7 Å². The Bertz CT molecular complexity index is 805. The molecule has 0 unspecified atom stereocenters. The molecule has 2 aromatic rings. The Labute approximate surface area is 152 Å². The van der Waals surface area contributed by atoms with Gasteiger partial charge in [0.15, 0.2) is 0 Å². The van der Waals surface area contributed by atoms with Gasteiger partial charge in [-0.3, -0.25) is 0 Å². The Hall–Kier alpha value is -2.55. The summed E-state index contributed by atoms with van der Waals surface area (Å²) in [6.07, 6.45) is -4.62. The Morgan fingerprint density at radius 1 is 1.19 bits per heavy atom. The van der Waals surface area contributed by atoms with Crippen LogP contribution in [0.3, 0.4) is 0 Å². The summed E-state index contributed by atoms with van der Waals surface area (Å²) in [5.74, 6) is 0. The highest BCUT2D eigenvalue weighted by atomic mass is 35.5.